The highest BCUT2D eigenvalue weighted by Crippen LogP contribution is 2.32. The first-order chi connectivity index (χ1) is 8.06. The summed E-state index contributed by atoms with van der Waals surface area (Å²) in [6.45, 7) is 0. The molecule has 1 aromatic carbocycles. The van der Waals surface area contributed by atoms with Crippen LogP contribution in [-0.2, 0) is 0 Å². The maximum atomic E-state index is 10.6. The summed E-state index contributed by atoms with van der Waals surface area (Å²) < 4.78 is 11.0. The molecule has 0 saturated carbocycles. The molecule has 2 aromatic rings. The van der Waals surface area contributed by atoms with Crippen LogP contribution in [0.25, 0.3) is 0 Å². The van der Waals surface area contributed by atoms with Gasteiger partial charge < -0.3 is 14.3 Å². The predicted octanol–water partition coefficient (Wildman–Crippen LogP) is 4.19. The van der Waals surface area contributed by atoms with Crippen molar-refractivity contribution in [3.05, 3.63) is 45.6 Å². The minimum atomic E-state index is -1.14. The molecule has 6 heteroatoms. The van der Waals surface area contributed by atoms with Crippen LogP contribution in [0.1, 0.15) is 10.6 Å². The lowest BCUT2D eigenvalue weighted by Gasteiger charge is -2.04. The monoisotopic (exact) mass is 316 g/mol. The molecule has 0 unspecified atom stereocenters. The zero-order valence-electron chi connectivity index (χ0n) is 8.31. The number of benzene rings is 1. The van der Waals surface area contributed by atoms with Gasteiger partial charge in [0.1, 0.15) is 5.75 Å². The van der Waals surface area contributed by atoms with Crippen LogP contribution >= 0.6 is 27.5 Å². The van der Waals surface area contributed by atoms with E-state index >= 15 is 0 Å². The summed E-state index contributed by atoms with van der Waals surface area (Å²) in [7, 11) is 0. The maximum Gasteiger partial charge on any atom is 0.371 e. The number of carbonyl (C=O) groups is 1. The highest BCUT2D eigenvalue weighted by molar-refractivity contribution is 9.10. The molecule has 0 spiro atoms. The summed E-state index contributed by atoms with van der Waals surface area (Å²) >= 11 is 9.05. The maximum absolute atomic E-state index is 10.6. The molecule has 0 saturated heterocycles. The molecular weight excluding hydrogens is 311 g/mol. The van der Waals surface area contributed by atoms with Crippen molar-refractivity contribution in [1.82, 2.24) is 0 Å². The molecule has 0 aliphatic carbocycles. The van der Waals surface area contributed by atoms with E-state index in [0.717, 1.165) is 0 Å². The van der Waals surface area contributed by atoms with Crippen molar-refractivity contribution in [1.29, 1.82) is 0 Å². The van der Waals surface area contributed by atoms with Crippen LogP contribution in [0.3, 0.4) is 0 Å². The van der Waals surface area contributed by atoms with E-state index in [2.05, 4.69) is 15.9 Å². The van der Waals surface area contributed by atoms with Gasteiger partial charge in [-0.25, -0.2) is 4.79 Å². The Bertz CT molecular complexity index is 564. The second-order valence-corrected chi connectivity index (χ2v) is 4.39. The molecule has 1 heterocycles. The van der Waals surface area contributed by atoms with Crippen LogP contribution in [0.15, 0.2) is 39.2 Å². The van der Waals surface area contributed by atoms with Gasteiger partial charge in [-0.15, -0.1) is 0 Å². The number of carboxylic acid groups (broad SMARTS) is 1. The van der Waals surface area contributed by atoms with Crippen molar-refractivity contribution < 1.29 is 19.1 Å². The molecule has 0 bridgehead atoms. The molecule has 88 valence electrons. The van der Waals surface area contributed by atoms with Crippen molar-refractivity contribution >= 4 is 33.5 Å². The molecule has 0 aliphatic rings. The van der Waals surface area contributed by atoms with Crippen molar-refractivity contribution in [2.75, 3.05) is 0 Å². The number of hydrogen-bond donors (Lipinski definition) is 1. The smallest absolute Gasteiger partial charge is 0.371 e. The quantitative estimate of drug-likeness (QED) is 0.922. The largest absolute Gasteiger partial charge is 0.475 e. The van der Waals surface area contributed by atoms with Crippen molar-refractivity contribution in [3.8, 4) is 11.7 Å². The van der Waals surface area contributed by atoms with E-state index in [-0.39, 0.29) is 11.7 Å². The standard InChI is InChI=1S/C11H6BrClO4/c12-7-5-6(13)1-2-8(7)16-10-4-3-9(17-10)11(14)15/h1-5H,(H,14,15). The van der Waals surface area contributed by atoms with Crippen molar-refractivity contribution in [2.45, 2.75) is 0 Å². The fourth-order valence-electron chi connectivity index (χ4n) is 1.16. The number of aromatic carboxylic acids is 1. The lowest BCUT2D eigenvalue weighted by molar-refractivity contribution is 0.0657. The van der Waals surface area contributed by atoms with Crippen LogP contribution in [0, 0.1) is 0 Å². The summed E-state index contributed by atoms with van der Waals surface area (Å²) in [5.74, 6) is -0.730. The average molecular weight is 318 g/mol. The van der Waals surface area contributed by atoms with E-state index in [9.17, 15) is 4.79 Å². The van der Waals surface area contributed by atoms with Gasteiger partial charge in [0.25, 0.3) is 5.95 Å². The van der Waals surface area contributed by atoms with E-state index in [1.165, 1.54) is 12.1 Å². The highest BCUT2D eigenvalue weighted by atomic mass is 79.9. The third-order valence-electron chi connectivity index (χ3n) is 1.90. The van der Waals surface area contributed by atoms with Gasteiger partial charge in [0.05, 0.1) is 4.47 Å². The van der Waals surface area contributed by atoms with Crippen molar-refractivity contribution in [2.24, 2.45) is 0 Å². The van der Waals surface area contributed by atoms with E-state index < -0.39 is 5.97 Å². The molecular formula is C11H6BrClO4. The number of rotatable bonds is 3. The second-order valence-electron chi connectivity index (χ2n) is 3.10. The van der Waals surface area contributed by atoms with Gasteiger partial charge >= 0.3 is 5.97 Å². The van der Waals surface area contributed by atoms with Gasteiger partial charge in [-0.3, -0.25) is 0 Å². The molecule has 1 aromatic heterocycles. The highest BCUT2D eigenvalue weighted by Gasteiger charge is 2.11. The number of halogens is 2. The Morgan fingerprint density at radius 2 is 2.12 bits per heavy atom. The Hall–Kier alpha value is -1.46. The molecule has 0 amide bonds. The first-order valence-corrected chi connectivity index (χ1v) is 5.69. The molecule has 1 N–H and O–H groups in total. The number of furan rings is 1. The van der Waals surface area contributed by atoms with E-state index in [4.69, 9.17) is 25.9 Å². The Labute approximate surface area is 110 Å². The molecule has 0 atom stereocenters. The molecule has 17 heavy (non-hydrogen) atoms. The molecule has 4 nitrogen and oxygen atoms in total. The Balaban J connectivity index is 2.22. The fourth-order valence-corrected chi connectivity index (χ4v) is 1.92. The normalized spacial score (nSPS) is 10.2. The van der Waals surface area contributed by atoms with Crippen LogP contribution in [-0.4, -0.2) is 11.1 Å². The topological polar surface area (TPSA) is 59.7 Å². The summed E-state index contributed by atoms with van der Waals surface area (Å²) in [5.41, 5.74) is 0. The molecule has 0 fully saturated rings. The van der Waals surface area contributed by atoms with Crippen molar-refractivity contribution in [3.63, 3.8) is 0 Å². The summed E-state index contributed by atoms with van der Waals surface area (Å²) in [5, 5.41) is 9.24. The van der Waals surface area contributed by atoms with Crippen LogP contribution in [0.2, 0.25) is 5.02 Å². The molecule has 2 rings (SSSR count). The Morgan fingerprint density at radius 3 is 2.71 bits per heavy atom. The molecule has 0 aliphatic heterocycles. The van der Waals surface area contributed by atoms with E-state index in [0.29, 0.717) is 15.2 Å². The summed E-state index contributed by atoms with van der Waals surface area (Å²) in [4.78, 5) is 10.6. The minimum absolute atomic E-state index is 0.102. The first kappa shape index (κ1) is 12.0. The lowest BCUT2D eigenvalue weighted by atomic mass is 10.3. The fraction of sp³-hybridized carbons (Fsp3) is 0. The third-order valence-corrected chi connectivity index (χ3v) is 2.75. The second kappa shape index (κ2) is 4.81. The van der Waals surface area contributed by atoms with Gasteiger partial charge in [-0.2, -0.15) is 0 Å². The van der Waals surface area contributed by atoms with Gasteiger partial charge in [-0.1, -0.05) is 11.6 Å². The van der Waals surface area contributed by atoms with Gasteiger partial charge in [0.2, 0.25) is 5.76 Å². The number of ether oxygens (including phenoxy) is 1. The van der Waals surface area contributed by atoms with Gasteiger partial charge in [0, 0.05) is 11.1 Å². The zero-order chi connectivity index (χ0) is 12.4. The Morgan fingerprint density at radius 1 is 1.35 bits per heavy atom. The van der Waals surface area contributed by atoms with Gasteiger partial charge in [-0.05, 0) is 40.2 Å². The average Bonchev–Trinajstić information content (AvgIpc) is 2.71. The lowest BCUT2D eigenvalue weighted by Crippen LogP contribution is -1.91. The van der Waals surface area contributed by atoms with E-state index in [1.54, 1.807) is 18.2 Å². The molecule has 0 radical (unpaired) electrons. The summed E-state index contributed by atoms with van der Waals surface area (Å²) in [6, 6.07) is 7.72. The Kier molecular flexibility index (Phi) is 3.40. The predicted molar refractivity (Wildman–Crippen MR) is 64.9 cm³/mol. The summed E-state index contributed by atoms with van der Waals surface area (Å²) in [6.07, 6.45) is 0. The first-order valence-electron chi connectivity index (χ1n) is 4.52. The van der Waals surface area contributed by atoms with Crippen LogP contribution in [0.5, 0.6) is 11.7 Å². The minimum Gasteiger partial charge on any atom is -0.475 e. The van der Waals surface area contributed by atoms with Crippen LogP contribution < -0.4 is 4.74 Å². The van der Waals surface area contributed by atoms with Crippen LogP contribution in [0.4, 0.5) is 0 Å². The SMILES string of the molecule is O=C(O)c1ccc(Oc2ccc(Cl)cc2Br)o1. The van der Waals surface area contributed by atoms with Gasteiger partial charge in [0.15, 0.2) is 0 Å². The zero-order valence-corrected chi connectivity index (χ0v) is 10.7. The number of hydrogen-bond acceptors (Lipinski definition) is 3. The van der Waals surface area contributed by atoms with E-state index in [1.807, 2.05) is 0 Å². The number of carboxylic acids is 1. The third kappa shape index (κ3) is 2.81.